The third kappa shape index (κ3) is 5.25. The second-order valence-electron chi connectivity index (χ2n) is 9.11. The highest BCUT2D eigenvalue weighted by Crippen LogP contribution is 2.43. The van der Waals surface area contributed by atoms with Gasteiger partial charge in [-0.05, 0) is 63.5 Å². The normalized spacial score (nSPS) is 16.0. The van der Waals surface area contributed by atoms with Crippen LogP contribution in [0.25, 0.3) is 10.9 Å². The summed E-state index contributed by atoms with van der Waals surface area (Å²) in [6.45, 7) is 7.13. The highest BCUT2D eigenvalue weighted by molar-refractivity contribution is 6.37. The summed E-state index contributed by atoms with van der Waals surface area (Å²) in [6, 6.07) is 9.00. The summed E-state index contributed by atoms with van der Waals surface area (Å²) in [5.74, 6) is 0.680. The fourth-order valence-corrected chi connectivity index (χ4v) is 5.17. The minimum atomic E-state index is -1.68. The van der Waals surface area contributed by atoms with E-state index in [-0.39, 0.29) is 0 Å². The molecule has 1 fully saturated rings. The summed E-state index contributed by atoms with van der Waals surface area (Å²) in [7, 11) is 3.21. The Morgan fingerprint density at radius 2 is 2.00 bits per heavy atom. The summed E-state index contributed by atoms with van der Waals surface area (Å²) in [6.07, 6.45) is 3.70. The van der Waals surface area contributed by atoms with Crippen LogP contribution < -0.4 is 14.8 Å². The van der Waals surface area contributed by atoms with E-state index in [1.807, 2.05) is 26.0 Å². The zero-order chi connectivity index (χ0) is 26.6. The molecule has 0 saturated carbocycles. The number of nitrogens with zero attached hydrogens (tertiary/aromatic N) is 4. The van der Waals surface area contributed by atoms with Crippen molar-refractivity contribution in [2.45, 2.75) is 32.3 Å². The number of hydrogen-bond acceptors (Lipinski definition) is 9. The molecule has 1 aliphatic heterocycles. The van der Waals surface area contributed by atoms with E-state index in [1.54, 1.807) is 25.2 Å². The maximum Gasteiger partial charge on any atom is 0.258 e. The molecule has 1 unspecified atom stereocenters. The van der Waals surface area contributed by atoms with E-state index in [2.05, 4.69) is 25.3 Å². The Balaban J connectivity index is 1.83. The third-order valence-electron chi connectivity index (χ3n) is 6.78. The Morgan fingerprint density at radius 1 is 1.24 bits per heavy atom. The van der Waals surface area contributed by atoms with E-state index in [9.17, 15) is 5.11 Å². The Hall–Kier alpha value is -3.27. The molecule has 196 valence electrons. The fourth-order valence-electron chi connectivity index (χ4n) is 4.89. The molecule has 1 saturated heterocycles. The predicted molar refractivity (Wildman–Crippen MR) is 143 cm³/mol. The average molecular weight is 525 g/mol. The number of ether oxygens (including phenoxy) is 2. The van der Waals surface area contributed by atoms with E-state index >= 15 is 0 Å². The first kappa shape index (κ1) is 26.8. The lowest BCUT2D eigenvalue weighted by Gasteiger charge is -2.32. The quantitative estimate of drug-likeness (QED) is 0.329. The van der Waals surface area contributed by atoms with Gasteiger partial charge in [0.05, 0.1) is 29.5 Å². The number of fused-ring (bicyclic) bond motifs is 1. The summed E-state index contributed by atoms with van der Waals surface area (Å²) < 4.78 is 11.6. The molecule has 37 heavy (non-hydrogen) atoms. The highest BCUT2D eigenvalue weighted by atomic mass is 35.5. The largest absolute Gasteiger partial charge is 0.485 e. The number of benzene rings is 1. The number of rotatable bonds is 10. The zero-order valence-electron chi connectivity index (χ0n) is 21.6. The molecule has 0 bridgehead atoms. The summed E-state index contributed by atoms with van der Waals surface area (Å²) in [4.78, 5) is 11.5. The van der Waals surface area contributed by atoms with Gasteiger partial charge in [0.15, 0.2) is 5.60 Å². The van der Waals surface area contributed by atoms with Gasteiger partial charge in [-0.15, -0.1) is 0 Å². The molecule has 0 spiro atoms. The number of likely N-dealkylation sites (tertiary alicyclic amines) is 1. The van der Waals surface area contributed by atoms with Crippen LogP contribution >= 0.6 is 11.6 Å². The van der Waals surface area contributed by atoms with Gasteiger partial charge in [0.25, 0.3) is 5.88 Å². The van der Waals surface area contributed by atoms with Gasteiger partial charge in [-0.1, -0.05) is 23.7 Å². The maximum atomic E-state index is 12.3. The minimum absolute atomic E-state index is 0.310. The fraction of sp³-hybridized carbons (Fsp3) is 0.407. The first-order chi connectivity index (χ1) is 17.8. The standard InChI is InChI=1S/C27H33ClN6O3/c1-17-7-9-21(18(2)32-17)27(35,23(30-3)16-31-29)19-8-10-22-20(15-19)24(28)25(26(33-22)36-4)37-14-13-34-11-5-6-12-34/h7-10,15-16,29-30,35H,5-6,11-14H2,1-4H3/b23-16-,31-29?. The van der Waals surface area contributed by atoms with E-state index in [0.29, 0.717) is 56.7 Å². The molecular formula is C27H33ClN6O3. The number of pyridine rings is 2. The number of nitrogens with one attached hydrogen (secondary N) is 2. The minimum Gasteiger partial charge on any atom is -0.485 e. The van der Waals surface area contributed by atoms with Crippen LogP contribution in [0.2, 0.25) is 5.02 Å². The first-order valence-electron chi connectivity index (χ1n) is 12.3. The van der Waals surface area contributed by atoms with Gasteiger partial charge >= 0.3 is 0 Å². The number of aliphatic hydroxyl groups is 1. The van der Waals surface area contributed by atoms with Gasteiger partial charge in [0.2, 0.25) is 5.75 Å². The van der Waals surface area contributed by atoms with Crippen LogP contribution in [0.15, 0.2) is 47.3 Å². The number of hydrogen-bond donors (Lipinski definition) is 3. The molecule has 1 aliphatic rings. The average Bonchev–Trinajstić information content (AvgIpc) is 3.41. The van der Waals surface area contributed by atoms with Crippen molar-refractivity contribution in [2.75, 3.05) is 40.4 Å². The smallest absolute Gasteiger partial charge is 0.258 e. The molecule has 0 amide bonds. The topological polar surface area (TPSA) is 116 Å². The Bertz CT molecular complexity index is 1330. The summed E-state index contributed by atoms with van der Waals surface area (Å²) in [5.41, 5.74) is 9.19. The molecule has 3 heterocycles. The SMILES string of the molecule is CN/C(=C\N=N)C(O)(c1ccc2nc(OC)c(OCCN3CCCC3)c(Cl)c2c1)c1ccc(C)nc1C. The van der Waals surface area contributed by atoms with E-state index in [0.717, 1.165) is 25.3 Å². The van der Waals surface area contributed by atoms with E-state index < -0.39 is 5.60 Å². The number of halogens is 1. The molecule has 2 aromatic heterocycles. The molecule has 3 N–H and O–H groups in total. The van der Waals surface area contributed by atoms with Crippen LogP contribution in [0.1, 0.15) is 35.4 Å². The number of aromatic nitrogens is 2. The lowest BCUT2D eigenvalue weighted by atomic mass is 9.82. The molecular weight excluding hydrogens is 492 g/mol. The van der Waals surface area contributed by atoms with Crippen molar-refractivity contribution in [1.29, 1.82) is 5.53 Å². The van der Waals surface area contributed by atoms with Gasteiger partial charge in [0, 0.05) is 35.9 Å². The second kappa shape index (κ2) is 11.4. The van der Waals surface area contributed by atoms with Crippen LogP contribution in [-0.4, -0.2) is 60.4 Å². The van der Waals surface area contributed by atoms with Crippen LogP contribution in [0.4, 0.5) is 0 Å². The lowest BCUT2D eigenvalue weighted by Crippen LogP contribution is -2.36. The molecule has 0 radical (unpaired) electrons. The number of aryl methyl sites for hydroxylation is 2. The van der Waals surface area contributed by atoms with Crippen molar-refractivity contribution in [3.8, 4) is 11.6 Å². The Kier molecular flexibility index (Phi) is 8.26. The summed E-state index contributed by atoms with van der Waals surface area (Å²) >= 11 is 6.88. The molecule has 3 aromatic rings. The van der Waals surface area contributed by atoms with Crippen molar-refractivity contribution in [2.24, 2.45) is 5.11 Å². The van der Waals surface area contributed by atoms with Gasteiger partial charge < -0.3 is 19.9 Å². The van der Waals surface area contributed by atoms with Gasteiger partial charge in [-0.25, -0.2) is 10.5 Å². The van der Waals surface area contributed by atoms with Crippen molar-refractivity contribution < 1.29 is 14.6 Å². The van der Waals surface area contributed by atoms with Crippen molar-refractivity contribution in [3.05, 3.63) is 69.8 Å². The maximum absolute atomic E-state index is 12.3. The molecule has 1 atom stereocenters. The summed E-state index contributed by atoms with van der Waals surface area (Å²) in [5, 5.41) is 19.6. The number of methoxy groups -OCH3 is 1. The van der Waals surface area contributed by atoms with Crippen molar-refractivity contribution in [3.63, 3.8) is 0 Å². The predicted octanol–water partition coefficient (Wildman–Crippen LogP) is 4.71. The van der Waals surface area contributed by atoms with Crippen LogP contribution in [0, 0.1) is 19.4 Å². The van der Waals surface area contributed by atoms with Crippen molar-refractivity contribution in [1.82, 2.24) is 20.2 Å². The highest BCUT2D eigenvalue weighted by Gasteiger charge is 2.38. The Labute approximate surface area is 222 Å². The van der Waals surface area contributed by atoms with Crippen molar-refractivity contribution >= 4 is 22.5 Å². The number of likely N-dealkylation sites (N-methyl/N-ethyl adjacent to an activating group) is 1. The lowest BCUT2D eigenvalue weighted by molar-refractivity contribution is 0.112. The molecule has 0 aliphatic carbocycles. The van der Waals surface area contributed by atoms with Crippen LogP contribution in [0.5, 0.6) is 11.6 Å². The third-order valence-corrected chi connectivity index (χ3v) is 7.16. The Morgan fingerprint density at radius 3 is 2.65 bits per heavy atom. The van der Waals surface area contributed by atoms with Gasteiger partial charge in [0.1, 0.15) is 6.61 Å². The molecule has 9 nitrogen and oxygen atoms in total. The van der Waals surface area contributed by atoms with E-state index in [4.69, 9.17) is 26.6 Å². The molecule has 4 rings (SSSR count). The zero-order valence-corrected chi connectivity index (χ0v) is 22.4. The second-order valence-corrected chi connectivity index (χ2v) is 9.49. The first-order valence-corrected chi connectivity index (χ1v) is 12.7. The van der Waals surface area contributed by atoms with Gasteiger partial charge in [-0.3, -0.25) is 9.88 Å². The molecule has 1 aromatic carbocycles. The molecule has 10 heteroatoms. The van der Waals surface area contributed by atoms with Crippen LogP contribution in [-0.2, 0) is 5.60 Å². The van der Waals surface area contributed by atoms with Crippen LogP contribution in [0.3, 0.4) is 0 Å². The van der Waals surface area contributed by atoms with E-state index in [1.165, 1.54) is 26.2 Å². The van der Waals surface area contributed by atoms with Gasteiger partial charge in [-0.2, -0.15) is 5.11 Å². The monoisotopic (exact) mass is 524 g/mol.